The molecule has 2 aromatic rings. The van der Waals surface area contributed by atoms with Crippen LogP contribution in [-0.2, 0) is 9.53 Å². The highest BCUT2D eigenvalue weighted by Gasteiger charge is 2.29. The van der Waals surface area contributed by atoms with Crippen LogP contribution in [0.2, 0.25) is 0 Å². The molecule has 3 rings (SSSR count). The smallest absolute Gasteiger partial charge is 0.346 e. The van der Waals surface area contributed by atoms with E-state index in [0.717, 1.165) is 4.88 Å². The first-order chi connectivity index (χ1) is 8.75. The number of cyclic esters (lactones) is 2. The maximum absolute atomic E-state index is 11.8. The molecule has 88 valence electrons. The van der Waals surface area contributed by atoms with E-state index < -0.39 is 11.9 Å². The summed E-state index contributed by atoms with van der Waals surface area (Å²) in [5.74, 6) is -1.17. The second-order valence-corrected chi connectivity index (χ2v) is 4.78. The Morgan fingerprint density at radius 3 is 2.44 bits per heavy atom. The van der Waals surface area contributed by atoms with Crippen LogP contribution >= 0.6 is 11.3 Å². The number of benzene rings is 1. The van der Waals surface area contributed by atoms with Gasteiger partial charge in [0.15, 0.2) is 0 Å². The van der Waals surface area contributed by atoms with Gasteiger partial charge in [-0.15, -0.1) is 11.3 Å². The standard InChI is InChI=1S/C14H8O3S/c15-13-11-6-2-1-5-10(11)12(14(16)17-13)8-9-4-3-7-18-9/h1-8H/b12-8-. The zero-order valence-corrected chi connectivity index (χ0v) is 10.1. The number of rotatable bonds is 1. The van der Waals surface area contributed by atoms with Gasteiger partial charge < -0.3 is 4.74 Å². The van der Waals surface area contributed by atoms with E-state index in [4.69, 9.17) is 4.74 Å². The third-order valence-corrected chi connectivity index (χ3v) is 3.49. The highest BCUT2D eigenvalue weighted by molar-refractivity contribution is 7.11. The average molecular weight is 256 g/mol. The molecule has 0 unspecified atom stereocenters. The number of carbonyl (C=O) groups is 2. The van der Waals surface area contributed by atoms with E-state index in [1.165, 1.54) is 11.3 Å². The van der Waals surface area contributed by atoms with Crippen molar-refractivity contribution < 1.29 is 14.3 Å². The van der Waals surface area contributed by atoms with Crippen LogP contribution in [0.4, 0.5) is 0 Å². The number of hydrogen-bond acceptors (Lipinski definition) is 4. The summed E-state index contributed by atoms with van der Waals surface area (Å²) in [7, 11) is 0. The van der Waals surface area contributed by atoms with Crippen LogP contribution in [0.15, 0.2) is 41.8 Å². The summed E-state index contributed by atoms with van der Waals surface area (Å²) in [5, 5.41) is 1.93. The number of carbonyl (C=O) groups excluding carboxylic acids is 2. The van der Waals surface area contributed by atoms with Crippen molar-refractivity contribution in [1.29, 1.82) is 0 Å². The Labute approximate surface area is 107 Å². The maximum atomic E-state index is 11.8. The topological polar surface area (TPSA) is 43.4 Å². The minimum atomic E-state index is -0.591. The first-order valence-electron chi connectivity index (χ1n) is 5.37. The summed E-state index contributed by atoms with van der Waals surface area (Å²) < 4.78 is 4.73. The largest absolute Gasteiger partial charge is 0.386 e. The summed E-state index contributed by atoms with van der Waals surface area (Å²) in [6, 6.07) is 10.8. The van der Waals surface area contributed by atoms with Gasteiger partial charge in [0, 0.05) is 10.4 Å². The fraction of sp³-hybridized carbons (Fsp3) is 0. The van der Waals surface area contributed by atoms with Crippen molar-refractivity contribution in [1.82, 2.24) is 0 Å². The van der Waals surface area contributed by atoms with Crippen molar-refractivity contribution in [3.05, 3.63) is 57.8 Å². The Morgan fingerprint density at radius 2 is 1.72 bits per heavy atom. The van der Waals surface area contributed by atoms with Gasteiger partial charge in [-0.25, -0.2) is 9.59 Å². The van der Waals surface area contributed by atoms with Crippen molar-refractivity contribution >= 4 is 34.9 Å². The Hall–Kier alpha value is -2.20. The van der Waals surface area contributed by atoms with E-state index in [2.05, 4.69) is 0 Å². The first-order valence-corrected chi connectivity index (χ1v) is 6.25. The second kappa shape index (κ2) is 4.23. The van der Waals surface area contributed by atoms with Gasteiger partial charge in [0.25, 0.3) is 0 Å². The molecule has 3 nitrogen and oxygen atoms in total. The molecule has 0 atom stereocenters. The number of thiophene rings is 1. The van der Waals surface area contributed by atoms with Crippen LogP contribution in [0.1, 0.15) is 20.8 Å². The van der Waals surface area contributed by atoms with Crippen LogP contribution < -0.4 is 0 Å². The fourth-order valence-corrected chi connectivity index (χ4v) is 2.51. The van der Waals surface area contributed by atoms with Crippen molar-refractivity contribution in [2.45, 2.75) is 0 Å². The lowest BCUT2D eigenvalue weighted by Crippen LogP contribution is -2.21. The predicted octanol–water partition coefficient (Wildman–Crippen LogP) is 2.99. The van der Waals surface area contributed by atoms with Gasteiger partial charge in [0.1, 0.15) is 0 Å². The highest BCUT2D eigenvalue weighted by Crippen LogP contribution is 2.29. The zero-order valence-electron chi connectivity index (χ0n) is 9.25. The molecule has 0 radical (unpaired) electrons. The van der Waals surface area contributed by atoms with Crippen LogP contribution in [0.3, 0.4) is 0 Å². The van der Waals surface area contributed by atoms with E-state index in [-0.39, 0.29) is 0 Å². The number of ether oxygens (including phenoxy) is 1. The molecule has 0 N–H and O–H groups in total. The SMILES string of the molecule is O=C1OC(=O)c2ccccc2/C1=C/c1cccs1. The van der Waals surface area contributed by atoms with Gasteiger partial charge in [0.2, 0.25) is 0 Å². The minimum absolute atomic E-state index is 0.424. The van der Waals surface area contributed by atoms with Gasteiger partial charge in [-0.2, -0.15) is 0 Å². The number of fused-ring (bicyclic) bond motifs is 1. The van der Waals surface area contributed by atoms with E-state index in [1.54, 1.807) is 30.3 Å². The molecule has 1 aliphatic heterocycles. The molecular formula is C14H8O3S. The third-order valence-electron chi connectivity index (χ3n) is 2.67. The highest BCUT2D eigenvalue weighted by atomic mass is 32.1. The minimum Gasteiger partial charge on any atom is -0.386 e. The molecule has 2 heterocycles. The quantitative estimate of drug-likeness (QED) is 0.447. The molecule has 1 aromatic carbocycles. The van der Waals surface area contributed by atoms with Crippen molar-refractivity contribution in [2.75, 3.05) is 0 Å². The van der Waals surface area contributed by atoms with Gasteiger partial charge in [0.05, 0.1) is 11.1 Å². The van der Waals surface area contributed by atoms with Gasteiger partial charge >= 0.3 is 11.9 Å². The zero-order chi connectivity index (χ0) is 12.5. The molecule has 0 saturated heterocycles. The molecule has 4 heteroatoms. The Balaban J connectivity index is 2.18. The summed E-state index contributed by atoms with van der Waals surface area (Å²) in [5.41, 5.74) is 1.49. The predicted molar refractivity (Wildman–Crippen MR) is 69.1 cm³/mol. The number of esters is 2. The lowest BCUT2D eigenvalue weighted by atomic mass is 9.97. The van der Waals surface area contributed by atoms with E-state index in [1.807, 2.05) is 17.5 Å². The molecule has 0 bridgehead atoms. The molecule has 0 aliphatic carbocycles. The molecule has 1 aliphatic rings. The maximum Gasteiger partial charge on any atom is 0.346 e. The second-order valence-electron chi connectivity index (χ2n) is 3.80. The van der Waals surface area contributed by atoms with E-state index >= 15 is 0 Å². The van der Waals surface area contributed by atoms with Gasteiger partial charge in [-0.05, 0) is 23.6 Å². The summed E-state index contributed by atoms with van der Waals surface area (Å²) in [6.07, 6.45) is 1.75. The average Bonchev–Trinajstić information content (AvgIpc) is 2.87. The normalized spacial score (nSPS) is 16.6. The van der Waals surface area contributed by atoms with Crippen LogP contribution in [0.25, 0.3) is 11.6 Å². The lowest BCUT2D eigenvalue weighted by molar-refractivity contribution is -0.131. The van der Waals surface area contributed by atoms with Crippen molar-refractivity contribution in [3.63, 3.8) is 0 Å². The molecule has 18 heavy (non-hydrogen) atoms. The van der Waals surface area contributed by atoms with Gasteiger partial charge in [-0.3, -0.25) is 0 Å². The number of hydrogen-bond donors (Lipinski definition) is 0. The Kier molecular flexibility index (Phi) is 2.57. The van der Waals surface area contributed by atoms with Gasteiger partial charge in [-0.1, -0.05) is 24.3 Å². The molecule has 0 amide bonds. The van der Waals surface area contributed by atoms with Crippen LogP contribution in [0.5, 0.6) is 0 Å². The molecule has 0 fully saturated rings. The van der Waals surface area contributed by atoms with Crippen LogP contribution in [-0.4, -0.2) is 11.9 Å². The molecule has 0 saturated carbocycles. The summed E-state index contributed by atoms with van der Waals surface area (Å²) in [6.45, 7) is 0. The monoisotopic (exact) mass is 256 g/mol. The van der Waals surface area contributed by atoms with Crippen molar-refractivity contribution in [2.24, 2.45) is 0 Å². The van der Waals surface area contributed by atoms with Crippen LogP contribution in [0, 0.1) is 0 Å². The molecule has 0 spiro atoms. The lowest BCUT2D eigenvalue weighted by Gasteiger charge is -2.16. The first kappa shape index (κ1) is 10.9. The third kappa shape index (κ3) is 1.76. The Bertz CT molecular complexity index is 653. The fourth-order valence-electron chi connectivity index (χ4n) is 1.85. The van der Waals surface area contributed by atoms with E-state index in [9.17, 15) is 9.59 Å². The summed E-state index contributed by atoms with van der Waals surface area (Å²) in [4.78, 5) is 24.3. The Morgan fingerprint density at radius 1 is 0.944 bits per heavy atom. The molecular weight excluding hydrogens is 248 g/mol. The van der Waals surface area contributed by atoms with E-state index in [0.29, 0.717) is 16.7 Å². The van der Waals surface area contributed by atoms with Crippen molar-refractivity contribution in [3.8, 4) is 0 Å². The molecule has 1 aromatic heterocycles. The summed E-state index contributed by atoms with van der Waals surface area (Å²) >= 11 is 1.52.